The number of piperidine rings is 1. The van der Waals surface area contributed by atoms with Gasteiger partial charge in [0.2, 0.25) is 0 Å². The molecular weight excluding hydrogens is 252 g/mol. The zero-order valence-electron chi connectivity index (χ0n) is 12.0. The van der Waals surface area contributed by atoms with Crippen molar-refractivity contribution in [3.63, 3.8) is 0 Å². The van der Waals surface area contributed by atoms with Crippen molar-refractivity contribution in [2.24, 2.45) is 0 Å². The van der Waals surface area contributed by atoms with E-state index in [2.05, 4.69) is 5.32 Å². The fraction of sp³-hybridized carbons (Fsp3) is 0.562. The summed E-state index contributed by atoms with van der Waals surface area (Å²) in [6, 6.07) is 7.90. The van der Waals surface area contributed by atoms with Crippen LogP contribution >= 0.6 is 0 Å². The van der Waals surface area contributed by atoms with Gasteiger partial charge in [0.15, 0.2) is 0 Å². The maximum atomic E-state index is 12.2. The van der Waals surface area contributed by atoms with Crippen molar-refractivity contribution in [2.75, 3.05) is 25.0 Å². The molecule has 3 rings (SSSR count). The minimum Gasteiger partial charge on any atom is -0.375 e. The molecule has 1 spiro atoms. The van der Waals surface area contributed by atoms with Crippen molar-refractivity contribution < 1.29 is 9.53 Å². The molecule has 1 N–H and O–H groups in total. The number of anilines is 1. The highest BCUT2D eigenvalue weighted by molar-refractivity contribution is 5.89. The van der Waals surface area contributed by atoms with Crippen LogP contribution in [0.15, 0.2) is 24.3 Å². The van der Waals surface area contributed by atoms with Crippen LogP contribution in [-0.2, 0) is 4.74 Å². The van der Waals surface area contributed by atoms with E-state index in [1.54, 1.807) is 0 Å². The number of hydrogen-bond donors (Lipinski definition) is 1. The van der Waals surface area contributed by atoms with E-state index >= 15 is 0 Å². The highest BCUT2D eigenvalue weighted by atomic mass is 16.5. The first kappa shape index (κ1) is 13.4. The van der Waals surface area contributed by atoms with Gasteiger partial charge in [0.25, 0.3) is 0 Å². The van der Waals surface area contributed by atoms with Crippen LogP contribution in [0.25, 0.3) is 0 Å². The van der Waals surface area contributed by atoms with Gasteiger partial charge in [-0.25, -0.2) is 4.79 Å². The number of nitrogens with zero attached hydrogens (tertiary/aromatic N) is 1. The molecule has 2 fully saturated rings. The van der Waals surface area contributed by atoms with Crippen LogP contribution in [0.1, 0.15) is 31.2 Å². The summed E-state index contributed by atoms with van der Waals surface area (Å²) in [4.78, 5) is 14.1. The molecule has 2 amide bonds. The molecule has 0 aromatic heterocycles. The Morgan fingerprint density at radius 2 is 1.90 bits per heavy atom. The number of nitrogens with one attached hydrogen (secondary N) is 1. The summed E-state index contributed by atoms with van der Waals surface area (Å²) < 4.78 is 5.88. The minimum absolute atomic E-state index is 0.00157. The normalized spacial score (nSPS) is 21.1. The van der Waals surface area contributed by atoms with E-state index in [1.165, 1.54) is 5.56 Å². The zero-order chi connectivity index (χ0) is 14.0. The predicted octanol–water partition coefficient (Wildman–Crippen LogP) is 3.17. The molecule has 1 aromatic carbocycles. The van der Waals surface area contributed by atoms with Crippen LogP contribution in [0.4, 0.5) is 10.5 Å². The summed E-state index contributed by atoms with van der Waals surface area (Å²) in [6.45, 7) is 4.50. The van der Waals surface area contributed by atoms with E-state index in [1.807, 2.05) is 36.1 Å². The number of ether oxygens (including phenoxy) is 1. The first-order valence-corrected chi connectivity index (χ1v) is 7.44. The maximum absolute atomic E-state index is 12.2. The maximum Gasteiger partial charge on any atom is 0.321 e. The lowest BCUT2D eigenvalue weighted by molar-refractivity contribution is -0.0353. The Bertz CT molecular complexity index is 468. The van der Waals surface area contributed by atoms with Gasteiger partial charge in [-0.15, -0.1) is 0 Å². The van der Waals surface area contributed by atoms with Gasteiger partial charge in [0.1, 0.15) is 0 Å². The number of likely N-dealkylation sites (tertiary alicyclic amines) is 1. The summed E-state index contributed by atoms with van der Waals surface area (Å²) >= 11 is 0. The summed E-state index contributed by atoms with van der Waals surface area (Å²) in [5.74, 6) is 0. The molecule has 2 aliphatic rings. The van der Waals surface area contributed by atoms with Gasteiger partial charge in [0.05, 0.1) is 5.60 Å². The molecule has 0 aliphatic carbocycles. The van der Waals surface area contributed by atoms with Crippen molar-refractivity contribution in [3.05, 3.63) is 29.8 Å². The molecule has 2 heterocycles. The molecule has 2 saturated heterocycles. The molecule has 108 valence electrons. The average molecular weight is 274 g/mol. The molecular formula is C16H22N2O2. The van der Waals surface area contributed by atoms with Crippen molar-refractivity contribution in [1.82, 2.24) is 4.90 Å². The Balaban J connectivity index is 1.55. The Labute approximate surface area is 120 Å². The third-order valence-electron chi connectivity index (χ3n) is 4.45. The molecule has 0 radical (unpaired) electrons. The number of amides is 2. The number of benzene rings is 1. The van der Waals surface area contributed by atoms with E-state index in [0.29, 0.717) is 0 Å². The van der Waals surface area contributed by atoms with Gasteiger partial charge in [-0.2, -0.15) is 0 Å². The summed E-state index contributed by atoms with van der Waals surface area (Å²) in [7, 11) is 0. The molecule has 0 saturated carbocycles. The van der Waals surface area contributed by atoms with Crippen molar-refractivity contribution in [3.8, 4) is 0 Å². The molecule has 4 nitrogen and oxygen atoms in total. The van der Waals surface area contributed by atoms with E-state index in [9.17, 15) is 4.79 Å². The SMILES string of the molecule is Cc1ccc(NC(=O)N2CCC3(CCCO3)CC2)cc1. The number of carbonyl (C=O) groups excluding carboxylic acids is 1. The van der Waals surface area contributed by atoms with E-state index in [0.717, 1.165) is 51.1 Å². The van der Waals surface area contributed by atoms with Crippen molar-refractivity contribution >= 4 is 11.7 Å². The molecule has 4 heteroatoms. The Morgan fingerprint density at radius 3 is 2.50 bits per heavy atom. The van der Waals surface area contributed by atoms with Gasteiger partial charge < -0.3 is 15.0 Å². The first-order valence-electron chi connectivity index (χ1n) is 7.44. The van der Waals surface area contributed by atoms with Crippen molar-refractivity contribution in [1.29, 1.82) is 0 Å². The quantitative estimate of drug-likeness (QED) is 0.854. The summed E-state index contributed by atoms with van der Waals surface area (Å²) in [6.07, 6.45) is 4.25. The molecule has 0 atom stereocenters. The minimum atomic E-state index is 0.00157. The number of aryl methyl sites for hydroxylation is 1. The topological polar surface area (TPSA) is 41.6 Å². The van der Waals surface area contributed by atoms with Gasteiger partial charge in [-0.3, -0.25) is 0 Å². The standard InChI is InChI=1S/C16H22N2O2/c1-13-3-5-14(6-4-13)17-15(19)18-10-8-16(9-11-18)7-2-12-20-16/h3-6H,2,7-12H2,1H3,(H,17,19). The Morgan fingerprint density at radius 1 is 1.20 bits per heavy atom. The van der Waals surface area contributed by atoms with Crippen LogP contribution in [0.5, 0.6) is 0 Å². The third-order valence-corrected chi connectivity index (χ3v) is 4.45. The fourth-order valence-corrected chi connectivity index (χ4v) is 3.11. The van der Waals surface area contributed by atoms with Crippen LogP contribution in [0.3, 0.4) is 0 Å². The summed E-state index contributed by atoms with van der Waals surface area (Å²) in [5.41, 5.74) is 2.12. The molecule has 1 aromatic rings. The van der Waals surface area contributed by atoms with Gasteiger partial charge in [-0.1, -0.05) is 17.7 Å². The number of rotatable bonds is 1. The lowest BCUT2D eigenvalue weighted by Gasteiger charge is -2.38. The molecule has 20 heavy (non-hydrogen) atoms. The molecule has 2 aliphatic heterocycles. The van der Waals surface area contributed by atoms with Crippen LogP contribution < -0.4 is 5.32 Å². The highest BCUT2D eigenvalue weighted by Gasteiger charge is 2.39. The van der Waals surface area contributed by atoms with Crippen LogP contribution in [0.2, 0.25) is 0 Å². The number of urea groups is 1. The lowest BCUT2D eigenvalue weighted by atomic mass is 9.89. The summed E-state index contributed by atoms with van der Waals surface area (Å²) in [5, 5.41) is 2.96. The largest absolute Gasteiger partial charge is 0.375 e. The predicted molar refractivity (Wildman–Crippen MR) is 78.9 cm³/mol. The van der Waals surface area contributed by atoms with Crippen LogP contribution in [-0.4, -0.2) is 36.2 Å². The Hall–Kier alpha value is -1.55. The van der Waals surface area contributed by atoms with Gasteiger partial charge in [0, 0.05) is 25.4 Å². The zero-order valence-corrected chi connectivity index (χ0v) is 12.0. The number of hydrogen-bond acceptors (Lipinski definition) is 2. The second-order valence-electron chi connectivity index (χ2n) is 5.92. The smallest absolute Gasteiger partial charge is 0.321 e. The number of carbonyl (C=O) groups is 1. The second-order valence-corrected chi connectivity index (χ2v) is 5.92. The van der Waals surface area contributed by atoms with Crippen LogP contribution in [0, 0.1) is 6.92 Å². The Kier molecular flexibility index (Phi) is 3.66. The lowest BCUT2D eigenvalue weighted by Crippen LogP contribution is -2.47. The molecule has 0 bridgehead atoms. The first-order chi connectivity index (χ1) is 9.67. The van der Waals surface area contributed by atoms with E-state index < -0.39 is 0 Å². The van der Waals surface area contributed by atoms with E-state index in [4.69, 9.17) is 4.74 Å². The average Bonchev–Trinajstić information content (AvgIpc) is 2.90. The third kappa shape index (κ3) is 2.80. The second kappa shape index (κ2) is 5.44. The fourth-order valence-electron chi connectivity index (χ4n) is 3.11. The monoisotopic (exact) mass is 274 g/mol. The molecule has 0 unspecified atom stereocenters. The van der Waals surface area contributed by atoms with Crippen molar-refractivity contribution in [2.45, 2.75) is 38.2 Å². The van der Waals surface area contributed by atoms with Gasteiger partial charge in [-0.05, 0) is 44.7 Å². The van der Waals surface area contributed by atoms with Gasteiger partial charge >= 0.3 is 6.03 Å². The highest BCUT2D eigenvalue weighted by Crippen LogP contribution is 2.35. The van der Waals surface area contributed by atoms with E-state index in [-0.39, 0.29) is 11.6 Å².